The van der Waals surface area contributed by atoms with Crippen molar-refractivity contribution < 1.29 is 4.74 Å². The molecule has 5 heteroatoms. The van der Waals surface area contributed by atoms with Gasteiger partial charge in [-0.2, -0.15) is 0 Å². The van der Waals surface area contributed by atoms with Crippen LogP contribution in [0.3, 0.4) is 0 Å². The number of rotatable bonds is 6. The van der Waals surface area contributed by atoms with Gasteiger partial charge in [0, 0.05) is 6.04 Å². The molecule has 1 saturated heterocycles. The Morgan fingerprint density at radius 3 is 2.71 bits per heavy atom. The number of nitrogens with zero attached hydrogens (tertiary/aromatic N) is 4. The second-order valence-corrected chi connectivity index (χ2v) is 8.79. The molecule has 5 nitrogen and oxygen atoms in total. The zero-order chi connectivity index (χ0) is 17.2. The highest BCUT2D eigenvalue weighted by Gasteiger charge is 2.46. The first-order valence-corrected chi connectivity index (χ1v) is 9.64. The molecular weight excluding hydrogens is 300 g/mol. The monoisotopic (exact) mass is 334 g/mol. The maximum Gasteiger partial charge on any atom is 0.147 e. The van der Waals surface area contributed by atoms with Gasteiger partial charge in [0.25, 0.3) is 0 Å². The van der Waals surface area contributed by atoms with Crippen LogP contribution < -0.4 is 0 Å². The van der Waals surface area contributed by atoms with Crippen LogP contribution in [-0.4, -0.2) is 45.5 Å². The minimum Gasteiger partial charge on any atom is -0.374 e. The zero-order valence-electron chi connectivity index (χ0n) is 15.9. The number of hydrogen-bond donors (Lipinski definition) is 0. The normalized spacial score (nSPS) is 29.6. The smallest absolute Gasteiger partial charge is 0.147 e. The summed E-state index contributed by atoms with van der Waals surface area (Å²) < 4.78 is 8.58. The van der Waals surface area contributed by atoms with Gasteiger partial charge in [-0.25, -0.2) is 0 Å². The summed E-state index contributed by atoms with van der Waals surface area (Å²) in [5.41, 5.74) is 0.489. The maximum atomic E-state index is 6.25. The van der Waals surface area contributed by atoms with Crippen LogP contribution in [0.2, 0.25) is 0 Å². The van der Waals surface area contributed by atoms with Gasteiger partial charge >= 0.3 is 0 Å². The van der Waals surface area contributed by atoms with E-state index >= 15 is 0 Å². The van der Waals surface area contributed by atoms with E-state index in [0.717, 1.165) is 25.5 Å². The van der Waals surface area contributed by atoms with E-state index in [1.165, 1.54) is 44.9 Å². The molecule has 2 heterocycles. The van der Waals surface area contributed by atoms with Gasteiger partial charge < -0.3 is 9.30 Å². The van der Waals surface area contributed by atoms with Gasteiger partial charge in [0.05, 0.1) is 18.8 Å². The van der Waals surface area contributed by atoms with Crippen LogP contribution in [0.15, 0.2) is 6.33 Å². The van der Waals surface area contributed by atoms with Crippen molar-refractivity contribution in [2.45, 2.75) is 83.9 Å². The molecule has 1 aliphatic carbocycles. The van der Waals surface area contributed by atoms with Crippen LogP contribution in [0.25, 0.3) is 0 Å². The highest BCUT2D eigenvalue weighted by Crippen LogP contribution is 2.48. The Morgan fingerprint density at radius 1 is 1.33 bits per heavy atom. The van der Waals surface area contributed by atoms with Crippen LogP contribution in [0.4, 0.5) is 0 Å². The van der Waals surface area contributed by atoms with E-state index in [4.69, 9.17) is 4.74 Å². The number of hydrogen-bond acceptors (Lipinski definition) is 4. The minimum atomic E-state index is 0.145. The summed E-state index contributed by atoms with van der Waals surface area (Å²) in [6.45, 7) is 9.83. The minimum absolute atomic E-state index is 0.145. The average Bonchev–Trinajstić information content (AvgIpc) is 3.11. The number of unbranched alkanes of at least 4 members (excludes halogenated alkanes) is 1. The van der Waals surface area contributed by atoms with Crippen LogP contribution in [0.5, 0.6) is 0 Å². The van der Waals surface area contributed by atoms with E-state index in [-0.39, 0.29) is 5.60 Å². The SMILES string of the molecule is CCCCN(C)Cc1nncn1C1CCC2(CC1)CC(C)(C)CO2. The van der Waals surface area contributed by atoms with E-state index < -0.39 is 0 Å². The molecular formula is C19H34N4O. The Labute approximate surface area is 146 Å². The number of aromatic nitrogens is 3. The lowest BCUT2D eigenvalue weighted by Gasteiger charge is -2.37. The molecule has 0 unspecified atom stereocenters. The molecule has 0 N–H and O–H groups in total. The van der Waals surface area contributed by atoms with Gasteiger partial charge in [-0.1, -0.05) is 27.2 Å². The second-order valence-electron chi connectivity index (χ2n) is 8.79. The van der Waals surface area contributed by atoms with E-state index in [0.29, 0.717) is 11.5 Å². The van der Waals surface area contributed by atoms with Gasteiger partial charge in [-0.05, 0) is 57.5 Å². The van der Waals surface area contributed by atoms with Crippen molar-refractivity contribution in [2.75, 3.05) is 20.2 Å². The second kappa shape index (κ2) is 7.12. The van der Waals surface area contributed by atoms with Crippen molar-refractivity contribution >= 4 is 0 Å². The summed E-state index contributed by atoms with van der Waals surface area (Å²) in [6.07, 6.45) is 10.3. The lowest BCUT2D eigenvalue weighted by molar-refractivity contribution is -0.0345. The van der Waals surface area contributed by atoms with Gasteiger partial charge in [-0.15, -0.1) is 10.2 Å². The quantitative estimate of drug-likeness (QED) is 0.793. The van der Waals surface area contributed by atoms with Gasteiger partial charge in [0.15, 0.2) is 0 Å². The molecule has 0 amide bonds. The van der Waals surface area contributed by atoms with Crippen molar-refractivity contribution in [1.82, 2.24) is 19.7 Å². The van der Waals surface area contributed by atoms with Gasteiger partial charge in [-0.3, -0.25) is 4.90 Å². The van der Waals surface area contributed by atoms with Crippen LogP contribution in [0.1, 0.15) is 77.6 Å². The zero-order valence-corrected chi connectivity index (χ0v) is 15.9. The molecule has 1 saturated carbocycles. The highest BCUT2D eigenvalue weighted by atomic mass is 16.5. The largest absolute Gasteiger partial charge is 0.374 e. The van der Waals surface area contributed by atoms with Crippen molar-refractivity contribution in [3.8, 4) is 0 Å². The maximum absolute atomic E-state index is 6.25. The molecule has 0 aromatic carbocycles. The molecule has 1 aliphatic heterocycles. The molecule has 1 aromatic rings. The Bertz CT molecular complexity index is 531. The Balaban J connectivity index is 1.58. The molecule has 1 spiro atoms. The van der Waals surface area contributed by atoms with Crippen molar-refractivity contribution in [2.24, 2.45) is 5.41 Å². The highest BCUT2D eigenvalue weighted by molar-refractivity contribution is 4.99. The third kappa shape index (κ3) is 3.99. The molecule has 1 aromatic heterocycles. The van der Waals surface area contributed by atoms with E-state index in [1.54, 1.807) is 0 Å². The Kier molecular flexibility index (Phi) is 5.30. The molecule has 0 radical (unpaired) electrons. The molecule has 3 rings (SSSR count). The fourth-order valence-electron chi connectivity index (χ4n) is 4.48. The first-order valence-electron chi connectivity index (χ1n) is 9.64. The van der Waals surface area contributed by atoms with Gasteiger partial charge in [0.2, 0.25) is 0 Å². The third-order valence-corrected chi connectivity index (χ3v) is 5.78. The topological polar surface area (TPSA) is 43.2 Å². The van der Waals surface area contributed by atoms with E-state index in [1.807, 2.05) is 6.33 Å². The molecule has 2 aliphatic rings. The predicted octanol–water partition coefficient (Wildman–Crippen LogP) is 3.81. The Morgan fingerprint density at radius 2 is 2.08 bits per heavy atom. The fourth-order valence-corrected chi connectivity index (χ4v) is 4.48. The fraction of sp³-hybridized carbons (Fsp3) is 0.895. The lowest BCUT2D eigenvalue weighted by atomic mass is 9.75. The Hall–Kier alpha value is -0.940. The van der Waals surface area contributed by atoms with E-state index in [9.17, 15) is 0 Å². The van der Waals surface area contributed by atoms with Crippen molar-refractivity contribution in [1.29, 1.82) is 0 Å². The lowest BCUT2D eigenvalue weighted by Crippen LogP contribution is -2.35. The number of ether oxygens (including phenoxy) is 1. The van der Waals surface area contributed by atoms with Crippen molar-refractivity contribution in [3.63, 3.8) is 0 Å². The van der Waals surface area contributed by atoms with Crippen LogP contribution >= 0.6 is 0 Å². The summed E-state index contributed by atoms with van der Waals surface area (Å²) in [5.74, 6) is 1.11. The van der Waals surface area contributed by atoms with Crippen molar-refractivity contribution in [3.05, 3.63) is 12.2 Å². The summed E-state index contributed by atoms with van der Waals surface area (Å²) in [4.78, 5) is 2.36. The molecule has 136 valence electrons. The first kappa shape index (κ1) is 17.9. The summed E-state index contributed by atoms with van der Waals surface area (Å²) in [5, 5.41) is 8.59. The summed E-state index contributed by atoms with van der Waals surface area (Å²) in [7, 11) is 2.18. The third-order valence-electron chi connectivity index (χ3n) is 5.78. The molecule has 2 fully saturated rings. The van der Waals surface area contributed by atoms with E-state index in [2.05, 4.69) is 47.5 Å². The summed E-state index contributed by atoms with van der Waals surface area (Å²) in [6, 6.07) is 0.535. The first-order chi connectivity index (χ1) is 11.4. The van der Waals surface area contributed by atoms with Gasteiger partial charge in [0.1, 0.15) is 12.2 Å². The average molecular weight is 335 g/mol. The predicted molar refractivity (Wildman–Crippen MR) is 95.9 cm³/mol. The molecule has 0 bridgehead atoms. The van der Waals surface area contributed by atoms with Crippen LogP contribution in [0, 0.1) is 5.41 Å². The molecule has 0 atom stereocenters. The molecule has 24 heavy (non-hydrogen) atoms. The standard InChI is InChI=1S/C19H34N4O/c1-5-6-11-22(4)12-17-21-20-15-23(17)16-7-9-19(10-8-16)13-18(2,3)14-24-19/h15-16H,5-14H2,1-4H3. The summed E-state index contributed by atoms with van der Waals surface area (Å²) >= 11 is 0. The van der Waals surface area contributed by atoms with Crippen LogP contribution in [-0.2, 0) is 11.3 Å².